The van der Waals surface area contributed by atoms with Gasteiger partial charge >= 0.3 is 5.97 Å². The molecule has 0 aliphatic rings. The lowest BCUT2D eigenvalue weighted by Gasteiger charge is -2.09. The first kappa shape index (κ1) is 11.7. The summed E-state index contributed by atoms with van der Waals surface area (Å²) < 4.78 is 4.56. The largest absolute Gasteiger partial charge is 0.465 e. The molecule has 0 heterocycles. The van der Waals surface area contributed by atoms with Gasteiger partial charge in [0.1, 0.15) is 0 Å². The van der Waals surface area contributed by atoms with Crippen LogP contribution in [-0.4, -0.2) is 24.7 Å². The summed E-state index contributed by atoms with van der Waals surface area (Å²) in [7, 11) is 1.33. The quantitative estimate of drug-likeness (QED) is 0.721. The van der Waals surface area contributed by atoms with Crippen LogP contribution in [0.2, 0.25) is 0 Å². The molecule has 0 unspecified atom stereocenters. The first-order valence-corrected chi connectivity index (χ1v) is 4.75. The van der Waals surface area contributed by atoms with E-state index in [9.17, 15) is 9.90 Å². The Hall–Kier alpha value is -1.39. The van der Waals surface area contributed by atoms with Crippen LogP contribution in [0.1, 0.15) is 28.4 Å². The standard InChI is InChI=1S/C11H15NO3/c1-15-11(14)9-4-2-8(3-5-9)10(13)6-7-12/h2-5,10,13H,6-7,12H2,1H3/t10-/m1/s1. The lowest BCUT2D eigenvalue weighted by molar-refractivity contribution is 0.0600. The van der Waals surface area contributed by atoms with Crippen LogP contribution in [0.4, 0.5) is 0 Å². The molecule has 1 rings (SSSR count). The Labute approximate surface area is 88.7 Å². The SMILES string of the molecule is COC(=O)c1ccc([C@H](O)CCN)cc1. The average Bonchev–Trinajstić information content (AvgIpc) is 2.28. The number of rotatable bonds is 4. The summed E-state index contributed by atoms with van der Waals surface area (Å²) in [6.07, 6.45) is -0.0564. The van der Waals surface area contributed by atoms with Gasteiger partial charge in [-0.15, -0.1) is 0 Å². The normalized spacial score (nSPS) is 12.2. The van der Waals surface area contributed by atoms with Crippen molar-refractivity contribution >= 4 is 5.97 Å². The number of aliphatic hydroxyl groups excluding tert-OH is 1. The van der Waals surface area contributed by atoms with Gasteiger partial charge < -0.3 is 15.6 Å². The molecule has 15 heavy (non-hydrogen) atoms. The summed E-state index contributed by atoms with van der Waals surface area (Å²) in [4.78, 5) is 11.1. The van der Waals surface area contributed by atoms with Gasteiger partial charge in [0.25, 0.3) is 0 Å². The topological polar surface area (TPSA) is 72.5 Å². The van der Waals surface area contributed by atoms with Crippen LogP contribution in [0.3, 0.4) is 0 Å². The lowest BCUT2D eigenvalue weighted by Crippen LogP contribution is -2.07. The predicted molar refractivity (Wildman–Crippen MR) is 56.4 cm³/mol. The molecule has 3 N–H and O–H groups in total. The number of ether oxygens (including phenoxy) is 1. The van der Waals surface area contributed by atoms with Crippen LogP contribution in [0.5, 0.6) is 0 Å². The predicted octanol–water partition coefficient (Wildman–Crippen LogP) is 0.855. The molecule has 4 nitrogen and oxygen atoms in total. The molecule has 0 aromatic heterocycles. The first-order chi connectivity index (χ1) is 7.19. The van der Waals surface area contributed by atoms with E-state index in [1.165, 1.54) is 7.11 Å². The molecule has 0 fully saturated rings. The van der Waals surface area contributed by atoms with Crippen LogP contribution in [0.25, 0.3) is 0 Å². The highest BCUT2D eigenvalue weighted by Crippen LogP contribution is 2.16. The highest BCUT2D eigenvalue weighted by atomic mass is 16.5. The molecule has 1 aromatic carbocycles. The summed E-state index contributed by atoms with van der Waals surface area (Å²) in [6.45, 7) is 0.430. The molecule has 1 aromatic rings. The van der Waals surface area contributed by atoms with E-state index in [-0.39, 0.29) is 5.97 Å². The smallest absolute Gasteiger partial charge is 0.337 e. The van der Waals surface area contributed by atoms with E-state index in [0.717, 1.165) is 5.56 Å². The Balaban J connectivity index is 2.76. The van der Waals surface area contributed by atoms with Crippen molar-refractivity contribution in [1.29, 1.82) is 0 Å². The fourth-order valence-electron chi connectivity index (χ4n) is 1.28. The second kappa shape index (κ2) is 5.48. The van der Waals surface area contributed by atoms with E-state index in [2.05, 4.69) is 4.74 Å². The number of nitrogens with two attached hydrogens (primary N) is 1. The molecular formula is C11H15NO3. The number of carbonyl (C=O) groups is 1. The molecule has 0 saturated carbocycles. The van der Waals surface area contributed by atoms with Crippen molar-refractivity contribution in [2.24, 2.45) is 5.73 Å². The summed E-state index contributed by atoms with van der Waals surface area (Å²) >= 11 is 0. The van der Waals surface area contributed by atoms with E-state index in [1.54, 1.807) is 24.3 Å². The van der Waals surface area contributed by atoms with Gasteiger partial charge in [-0.3, -0.25) is 0 Å². The molecule has 0 bridgehead atoms. The summed E-state index contributed by atoms with van der Waals surface area (Å²) in [5.41, 5.74) is 6.56. The minimum Gasteiger partial charge on any atom is -0.465 e. The number of benzene rings is 1. The Morgan fingerprint density at radius 2 is 2.07 bits per heavy atom. The minimum atomic E-state index is -0.568. The van der Waals surface area contributed by atoms with E-state index in [1.807, 2.05) is 0 Å². The first-order valence-electron chi connectivity index (χ1n) is 4.75. The zero-order chi connectivity index (χ0) is 11.3. The maximum Gasteiger partial charge on any atom is 0.337 e. The zero-order valence-corrected chi connectivity index (χ0v) is 8.64. The summed E-state index contributed by atoms with van der Waals surface area (Å²) in [5.74, 6) is -0.380. The second-order valence-electron chi connectivity index (χ2n) is 3.21. The van der Waals surface area contributed by atoms with Gasteiger partial charge in [-0.25, -0.2) is 4.79 Å². The highest BCUT2D eigenvalue weighted by Gasteiger charge is 2.08. The lowest BCUT2D eigenvalue weighted by atomic mass is 10.0. The van der Waals surface area contributed by atoms with Crippen molar-refractivity contribution in [2.45, 2.75) is 12.5 Å². The average molecular weight is 209 g/mol. The van der Waals surface area contributed by atoms with Gasteiger partial charge in [0.05, 0.1) is 18.8 Å². The molecule has 0 saturated heterocycles. The van der Waals surface area contributed by atoms with Crippen molar-refractivity contribution in [3.05, 3.63) is 35.4 Å². The van der Waals surface area contributed by atoms with E-state index in [4.69, 9.17) is 5.73 Å². The Bertz CT molecular complexity index is 321. The Morgan fingerprint density at radius 1 is 1.47 bits per heavy atom. The number of methoxy groups -OCH3 is 1. The van der Waals surface area contributed by atoms with Crippen LogP contribution >= 0.6 is 0 Å². The molecule has 0 radical (unpaired) electrons. The molecule has 4 heteroatoms. The fourth-order valence-corrected chi connectivity index (χ4v) is 1.28. The maximum atomic E-state index is 11.1. The van der Waals surface area contributed by atoms with Crippen molar-refractivity contribution in [1.82, 2.24) is 0 Å². The van der Waals surface area contributed by atoms with Crippen molar-refractivity contribution in [3.8, 4) is 0 Å². The summed E-state index contributed by atoms with van der Waals surface area (Å²) in [5, 5.41) is 9.61. The van der Waals surface area contributed by atoms with E-state index < -0.39 is 6.10 Å². The molecule has 0 aliphatic carbocycles. The number of hydrogen-bond donors (Lipinski definition) is 2. The van der Waals surface area contributed by atoms with Gasteiger partial charge in [0.2, 0.25) is 0 Å². The van der Waals surface area contributed by atoms with Crippen molar-refractivity contribution in [2.75, 3.05) is 13.7 Å². The van der Waals surface area contributed by atoms with Gasteiger partial charge in [-0.05, 0) is 30.7 Å². The Morgan fingerprint density at radius 3 is 2.53 bits per heavy atom. The van der Waals surface area contributed by atoms with Crippen molar-refractivity contribution < 1.29 is 14.6 Å². The number of carbonyl (C=O) groups excluding carboxylic acids is 1. The van der Waals surface area contributed by atoms with Gasteiger partial charge in [0.15, 0.2) is 0 Å². The van der Waals surface area contributed by atoms with Crippen LogP contribution in [0.15, 0.2) is 24.3 Å². The molecule has 1 atom stereocenters. The third-order valence-corrected chi connectivity index (χ3v) is 2.16. The van der Waals surface area contributed by atoms with Crippen LogP contribution in [0, 0.1) is 0 Å². The maximum absolute atomic E-state index is 11.1. The van der Waals surface area contributed by atoms with Gasteiger partial charge in [-0.2, -0.15) is 0 Å². The van der Waals surface area contributed by atoms with Crippen molar-refractivity contribution in [3.63, 3.8) is 0 Å². The highest BCUT2D eigenvalue weighted by molar-refractivity contribution is 5.89. The molecule has 0 spiro atoms. The molecule has 82 valence electrons. The fraction of sp³-hybridized carbons (Fsp3) is 0.364. The second-order valence-corrected chi connectivity index (χ2v) is 3.21. The van der Waals surface area contributed by atoms with E-state index >= 15 is 0 Å². The third kappa shape index (κ3) is 3.04. The molecule has 0 amide bonds. The zero-order valence-electron chi connectivity index (χ0n) is 8.64. The van der Waals surface area contributed by atoms with Crippen LogP contribution in [-0.2, 0) is 4.74 Å². The van der Waals surface area contributed by atoms with E-state index in [0.29, 0.717) is 18.5 Å². The number of hydrogen-bond acceptors (Lipinski definition) is 4. The molecular weight excluding hydrogens is 194 g/mol. The monoisotopic (exact) mass is 209 g/mol. The summed E-state index contributed by atoms with van der Waals surface area (Å²) in [6, 6.07) is 6.65. The minimum absolute atomic E-state index is 0.380. The van der Waals surface area contributed by atoms with Crippen LogP contribution < -0.4 is 5.73 Å². The number of esters is 1. The van der Waals surface area contributed by atoms with Gasteiger partial charge in [0, 0.05) is 0 Å². The van der Waals surface area contributed by atoms with Gasteiger partial charge in [-0.1, -0.05) is 12.1 Å². The Kier molecular flexibility index (Phi) is 4.27. The number of aliphatic hydroxyl groups is 1. The molecule has 0 aliphatic heterocycles. The third-order valence-electron chi connectivity index (χ3n) is 2.16.